The van der Waals surface area contributed by atoms with E-state index >= 15 is 0 Å². The minimum Gasteiger partial charge on any atom is -0.465 e. The van der Waals surface area contributed by atoms with Crippen molar-refractivity contribution >= 4 is 46.2 Å². The summed E-state index contributed by atoms with van der Waals surface area (Å²) in [5.41, 5.74) is 0. The van der Waals surface area contributed by atoms with Gasteiger partial charge in [0.05, 0.1) is 22.9 Å². The monoisotopic (exact) mass is 343 g/mol. The van der Waals surface area contributed by atoms with E-state index in [9.17, 15) is 9.59 Å². The molecule has 7 heteroatoms. The van der Waals surface area contributed by atoms with Gasteiger partial charge >= 0.3 is 5.97 Å². The van der Waals surface area contributed by atoms with Crippen molar-refractivity contribution in [1.29, 1.82) is 0 Å². The molecule has 0 saturated heterocycles. The normalized spacial score (nSPS) is 10.4. The van der Waals surface area contributed by atoms with Crippen LogP contribution in [0, 0.1) is 0 Å². The predicted molar refractivity (Wildman–Crippen MR) is 85.4 cm³/mol. The number of thiophene rings is 2. The molecule has 2 aromatic rings. The number of hydrogen-bond acceptors (Lipinski definition) is 5. The van der Waals surface area contributed by atoms with Gasteiger partial charge in [0.1, 0.15) is 4.88 Å². The van der Waals surface area contributed by atoms with Gasteiger partial charge in [0.15, 0.2) is 0 Å². The topological polar surface area (TPSA) is 46.6 Å². The van der Waals surface area contributed by atoms with E-state index in [4.69, 9.17) is 11.6 Å². The minimum atomic E-state index is -0.424. The summed E-state index contributed by atoms with van der Waals surface area (Å²) in [6, 6.07) is 7.00. The van der Waals surface area contributed by atoms with Gasteiger partial charge in [0.25, 0.3) is 5.91 Å². The van der Waals surface area contributed by atoms with Crippen molar-refractivity contribution in [2.45, 2.75) is 13.5 Å². The van der Waals surface area contributed by atoms with Crippen LogP contribution in [0.4, 0.5) is 0 Å². The Morgan fingerprint density at radius 1 is 1.19 bits per heavy atom. The maximum absolute atomic E-state index is 12.5. The summed E-state index contributed by atoms with van der Waals surface area (Å²) in [5.74, 6) is -0.519. The van der Waals surface area contributed by atoms with Crippen LogP contribution < -0.4 is 0 Å². The summed E-state index contributed by atoms with van der Waals surface area (Å²) >= 11 is 8.51. The third kappa shape index (κ3) is 3.84. The van der Waals surface area contributed by atoms with Gasteiger partial charge in [-0.15, -0.1) is 22.7 Å². The molecule has 0 radical (unpaired) electrons. The maximum Gasteiger partial charge on any atom is 0.348 e. The lowest BCUT2D eigenvalue weighted by atomic mass is 10.3. The molecule has 0 aliphatic heterocycles. The molecule has 0 bridgehead atoms. The van der Waals surface area contributed by atoms with E-state index in [1.807, 2.05) is 19.1 Å². The highest BCUT2D eigenvalue weighted by Crippen LogP contribution is 2.24. The second-order valence-electron chi connectivity index (χ2n) is 4.18. The number of esters is 1. The van der Waals surface area contributed by atoms with E-state index in [2.05, 4.69) is 4.74 Å². The summed E-state index contributed by atoms with van der Waals surface area (Å²) in [7, 11) is 1.32. The molecule has 0 atom stereocenters. The molecule has 2 aromatic heterocycles. The Bertz CT molecular complexity index is 650. The highest BCUT2D eigenvalue weighted by Gasteiger charge is 2.19. The summed E-state index contributed by atoms with van der Waals surface area (Å²) < 4.78 is 5.35. The van der Waals surface area contributed by atoms with Crippen LogP contribution in [0.3, 0.4) is 0 Å². The Morgan fingerprint density at radius 3 is 2.48 bits per heavy atom. The second kappa shape index (κ2) is 7.06. The summed E-state index contributed by atoms with van der Waals surface area (Å²) in [4.78, 5) is 27.6. The predicted octanol–water partition coefficient (Wildman–Crippen LogP) is 3.91. The molecule has 21 heavy (non-hydrogen) atoms. The highest BCUT2D eigenvalue weighted by molar-refractivity contribution is 7.16. The third-order valence-electron chi connectivity index (χ3n) is 2.85. The first kappa shape index (κ1) is 16.0. The van der Waals surface area contributed by atoms with Gasteiger partial charge in [-0.3, -0.25) is 4.79 Å². The number of hydrogen-bond donors (Lipinski definition) is 0. The molecule has 2 rings (SSSR count). The number of ether oxygens (including phenoxy) is 1. The second-order valence-corrected chi connectivity index (χ2v) is 7.06. The summed E-state index contributed by atoms with van der Waals surface area (Å²) in [6.07, 6.45) is 0. The van der Waals surface area contributed by atoms with E-state index in [0.29, 0.717) is 27.2 Å². The molecule has 0 aromatic carbocycles. The smallest absolute Gasteiger partial charge is 0.348 e. The van der Waals surface area contributed by atoms with Crippen molar-refractivity contribution in [3.05, 3.63) is 43.2 Å². The molecule has 112 valence electrons. The number of halogens is 1. The van der Waals surface area contributed by atoms with Crippen LogP contribution in [-0.2, 0) is 11.3 Å². The van der Waals surface area contributed by atoms with Crippen LogP contribution in [0.2, 0.25) is 4.34 Å². The van der Waals surface area contributed by atoms with Crippen LogP contribution in [0.5, 0.6) is 0 Å². The minimum absolute atomic E-state index is 0.0952. The fourth-order valence-corrected chi connectivity index (χ4v) is 3.77. The number of carbonyl (C=O) groups is 2. The first-order chi connectivity index (χ1) is 10.0. The van der Waals surface area contributed by atoms with Gasteiger partial charge in [0.2, 0.25) is 0 Å². The average molecular weight is 344 g/mol. The lowest BCUT2D eigenvalue weighted by molar-refractivity contribution is 0.0606. The van der Waals surface area contributed by atoms with Crippen molar-refractivity contribution in [2.24, 2.45) is 0 Å². The van der Waals surface area contributed by atoms with Crippen LogP contribution in [0.15, 0.2) is 24.3 Å². The van der Waals surface area contributed by atoms with Crippen molar-refractivity contribution in [1.82, 2.24) is 4.90 Å². The fraction of sp³-hybridized carbons (Fsp3) is 0.286. The number of rotatable bonds is 5. The average Bonchev–Trinajstić information content (AvgIpc) is 3.12. The molecule has 0 unspecified atom stereocenters. The number of amides is 1. The molecule has 0 spiro atoms. The van der Waals surface area contributed by atoms with E-state index in [1.54, 1.807) is 17.0 Å². The van der Waals surface area contributed by atoms with Gasteiger partial charge in [-0.25, -0.2) is 4.79 Å². The van der Waals surface area contributed by atoms with Crippen LogP contribution in [-0.4, -0.2) is 30.4 Å². The van der Waals surface area contributed by atoms with Crippen LogP contribution >= 0.6 is 34.3 Å². The molecular weight excluding hydrogens is 330 g/mol. The van der Waals surface area contributed by atoms with Crippen molar-refractivity contribution < 1.29 is 14.3 Å². The maximum atomic E-state index is 12.5. The van der Waals surface area contributed by atoms with E-state index < -0.39 is 5.97 Å². The van der Waals surface area contributed by atoms with Crippen molar-refractivity contribution in [2.75, 3.05) is 13.7 Å². The van der Waals surface area contributed by atoms with Gasteiger partial charge in [-0.1, -0.05) is 11.6 Å². The SMILES string of the molecule is CCN(Cc1ccc(Cl)s1)C(=O)c1ccc(C(=O)OC)s1. The summed E-state index contributed by atoms with van der Waals surface area (Å²) in [6.45, 7) is 3.01. The lowest BCUT2D eigenvalue weighted by Crippen LogP contribution is -2.29. The highest BCUT2D eigenvalue weighted by atomic mass is 35.5. The molecule has 1 amide bonds. The Hall–Kier alpha value is -1.37. The van der Waals surface area contributed by atoms with Crippen molar-refractivity contribution in [3.8, 4) is 0 Å². The quantitative estimate of drug-likeness (QED) is 0.773. The number of nitrogens with zero attached hydrogens (tertiary/aromatic N) is 1. The van der Waals surface area contributed by atoms with Gasteiger partial charge in [-0.05, 0) is 31.2 Å². The van der Waals surface area contributed by atoms with E-state index in [1.165, 1.54) is 18.4 Å². The molecule has 0 aliphatic rings. The molecule has 0 N–H and O–H groups in total. The Labute approximate surface area is 135 Å². The van der Waals surface area contributed by atoms with Gasteiger partial charge in [-0.2, -0.15) is 0 Å². The first-order valence-electron chi connectivity index (χ1n) is 6.26. The van der Waals surface area contributed by atoms with Crippen LogP contribution in [0.1, 0.15) is 31.1 Å². The van der Waals surface area contributed by atoms with Crippen LogP contribution in [0.25, 0.3) is 0 Å². The molecule has 0 fully saturated rings. The number of methoxy groups -OCH3 is 1. The molecule has 0 saturated carbocycles. The zero-order valence-electron chi connectivity index (χ0n) is 11.6. The fourth-order valence-electron chi connectivity index (χ4n) is 1.77. The Kier molecular flexibility index (Phi) is 5.39. The zero-order chi connectivity index (χ0) is 15.4. The molecule has 4 nitrogen and oxygen atoms in total. The summed E-state index contributed by atoms with van der Waals surface area (Å²) in [5, 5.41) is 0. The van der Waals surface area contributed by atoms with E-state index in [0.717, 1.165) is 16.2 Å². The number of carbonyl (C=O) groups excluding carboxylic acids is 2. The molecular formula is C14H14ClNO3S2. The molecule has 0 aliphatic carbocycles. The molecule has 2 heterocycles. The first-order valence-corrected chi connectivity index (χ1v) is 8.28. The zero-order valence-corrected chi connectivity index (χ0v) is 14.0. The standard InChI is InChI=1S/C14H14ClNO3S2/c1-3-16(8-9-4-7-12(15)20-9)13(17)10-5-6-11(21-10)14(18)19-2/h4-7H,3,8H2,1-2H3. The lowest BCUT2D eigenvalue weighted by Gasteiger charge is -2.19. The van der Waals surface area contributed by atoms with Gasteiger partial charge in [0, 0.05) is 11.4 Å². The largest absolute Gasteiger partial charge is 0.465 e. The van der Waals surface area contributed by atoms with Gasteiger partial charge < -0.3 is 9.64 Å². The Morgan fingerprint density at radius 2 is 1.90 bits per heavy atom. The van der Waals surface area contributed by atoms with E-state index in [-0.39, 0.29) is 5.91 Å². The van der Waals surface area contributed by atoms with Crippen molar-refractivity contribution in [3.63, 3.8) is 0 Å². The third-order valence-corrected chi connectivity index (χ3v) is 5.12. The Balaban J connectivity index is 2.12.